The number of hydrazine groups is 1. The average molecular weight is 376 g/mol. The van der Waals surface area contributed by atoms with Crippen LogP contribution in [0.5, 0.6) is 0 Å². The molecule has 2 amide bonds. The fourth-order valence-electron chi connectivity index (χ4n) is 3.08. The minimum Gasteiger partial charge on any atom is -0.466 e. The van der Waals surface area contributed by atoms with Crippen LogP contribution >= 0.6 is 0 Å². The number of nitrogens with zero attached hydrogens (tertiary/aromatic N) is 1. The summed E-state index contributed by atoms with van der Waals surface area (Å²) >= 11 is 0. The van der Waals surface area contributed by atoms with Crippen LogP contribution in [0.15, 0.2) is 18.2 Å². The molecule has 0 unspecified atom stereocenters. The third-order valence-corrected chi connectivity index (χ3v) is 4.24. The van der Waals surface area contributed by atoms with E-state index in [4.69, 9.17) is 9.47 Å². The summed E-state index contributed by atoms with van der Waals surface area (Å²) in [5.74, 6) is -0.786. The summed E-state index contributed by atoms with van der Waals surface area (Å²) in [4.78, 5) is 36.9. The van der Waals surface area contributed by atoms with Crippen LogP contribution in [0.4, 0.5) is 4.79 Å². The summed E-state index contributed by atoms with van der Waals surface area (Å²) in [5.41, 5.74) is 3.98. The van der Waals surface area contributed by atoms with Crippen molar-refractivity contribution in [3.63, 3.8) is 0 Å². The second kappa shape index (κ2) is 8.41. The Morgan fingerprint density at radius 3 is 2.56 bits per heavy atom. The lowest BCUT2D eigenvalue weighted by Gasteiger charge is -2.32. The Bertz CT molecular complexity index is 724. The third kappa shape index (κ3) is 5.21. The Hall–Kier alpha value is -2.57. The highest BCUT2D eigenvalue weighted by molar-refractivity contribution is 5.99. The summed E-state index contributed by atoms with van der Waals surface area (Å²) in [7, 11) is 0. The van der Waals surface area contributed by atoms with Gasteiger partial charge in [-0.2, -0.15) is 0 Å². The van der Waals surface area contributed by atoms with Crippen molar-refractivity contribution in [3.8, 4) is 0 Å². The van der Waals surface area contributed by atoms with E-state index in [-0.39, 0.29) is 30.8 Å². The van der Waals surface area contributed by atoms with Crippen molar-refractivity contribution in [3.05, 3.63) is 34.9 Å². The van der Waals surface area contributed by atoms with Crippen molar-refractivity contribution in [2.24, 2.45) is 0 Å². The van der Waals surface area contributed by atoms with Gasteiger partial charge in [0.25, 0.3) is 5.91 Å². The number of carbonyl (C=O) groups excluding carboxylic acids is 3. The lowest BCUT2D eigenvalue weighted by Crippen LogP contribution is -2.51. The molecule has 0 aliphatic carbocycles. The number of hydrogen-bond acceptors (Lipinski definition) is 5. The molecule has 27 heavy (non-hydrogen) atoms. The molecule has 1 aromatic rings. The largest absolute Gasteiger partial charge is 0.466 e. The van der Waals surface area contributed by atoms with Crippen molar-refractivity contribution in [2.75, 3.05) is 6.61 Å². The van der Waals surface area contributed by atoms with Gasteiger partial charge in [-0.25, -0.2) is 9.80 Å². The van der Waals surface area contributed by atoms with Crippen molar-refractivity contribution in [1.29, 1.82) is 0 Å². The van der Waals surface area contributed by atoms with Gasteiger partial charge in [0, 0.05) is 5.56 Å². The molecular formula is C20H28N2O5. The normalized spacial score (nSPS) is 14.9. The standard InChI is InChI=1S/C20H28N2O5/c1-6-13(11-16(23)26-7-2)15-10-8-9-14-12-22(21-18(24)17(14)15)19(25)27-20(3,4)5/h8-10,13H,6-7,11-12H2,1-5H3,(H,21,24)/t13-/m1/s1. The number of benzene rings is 1. The van der Waals surface area contributed by atoms with E-state index in [2.05, 4.69) is 5.43 Å². The molecule has 0 fully saturated rings. The van der Waals surface area contributed by atoms with Crippen LogP contribution in [0, 0.1) is 0 Å². The molecule has 7 nitrogen and oxygen atoms in total. The van der Waals surface area contributed by atoms with Crippen LogP contribution in [0.25, 0.3) is 0 Å². The first-order valence-electron chi connectivity index (χ1n) is 9.25. The molecule has 0 radical (unpaired) electrons. The highest BCUT2D eigenvalue weighted by atomic mass is 16.6. The number of ether oxygens (including phenoxy) is 2. The highest BCUT2D eigenvalue weighted by Crippen LogP contribution is 2.31. The fraction of sp³-hybridized carbons (Fsp3) is 0.550. The summed E-state index contributed by atoms with van der Waals surface area (Å²) in [5, 5.41) is 1.17. The molecule has 1 N–H and O–H groups in total. The van der Waals surface area contributed by atoms with Gasteiger partial charge in [-0.1, -0.05) is 25.1 Å². The smallest absolute Gasteiger partial charge is 0.429 e. The van der Waals surface area contributed by atoms with E-state index in [1.165, 1.54) is 5.01 Å². The molecule has 148 valence electrons. The average Bonchev–Trinajstić information content (AvgIpc) is 2.57. The summed E-state index contributed by atoms with van der Waals surface area (Å²) in [6.45, 7) is 9.57. The minimum atomic E-state index is -0.656. The van der Waals surface area contributed by atoms with E-state index in [0.29, 0.717) is 18.6 Å². The molecule has 1 heterocycles. The van der Waals surface area contributed by atoms with Gasteiger partial charge in [0.15, 0.2) is 0 Å². The minimum absolute atomic E-state index is 0.127. The number of nitrogens with one attached hydrogen (secondary N) is 1. The zero-order chi connectivity index (χ0) is 20.2. The predicted octanol–water partition coefficient (Wildman–Crippen LogP) is 3.53. The van der Waals surface area contributed by atoms with Gasteiger partial charge in [-0.05, 0) is 51.2 Å². The van der Waals surface area contributed by atoms with Gasteiger partial charge in [0.2, 0.25) is 0 Å². The molecule has 1 aliphatic heterocycles. The molecule has 0 aromatic heterocycles. The zero-order valence-corrected chi connectivity index (χ0v) is 16.6. The molecule has 1 aliphatic rings. The zero-order valence-electron chi connectivity index (χ0n) is 16.6. The van der Waals surface area contributed by atoms with Crippen LogP contribution in [0.1, 0.15) is 74.9 Å². The maximum atomic E-state index is 12.7. The Morgan fingerprint density at radius 1 is 1.26 bits per heavy atom. The molecule has 0 saturated heterocycles. The molecular weight excluding hydrogens is 348 g/mol. The Morgan fingerprint density at radius 2 is 1.96 bits per heavy atom. The SMILES string of the molecule is CCOC(=O)C[C@@H](CC)c1cccc2c1C(=O)NN(C(=O)OC(C)(C)C)C2. The van der Waals surface area contributed by atoms with Gasteiger partial charge in [-0.15, -0.1) is 0 Å². The lowest BCUT2D eigenvalue weighted by atomic mass is 9.86. The number of fused-ring (bicyclic) bond motifs is 1. The first kappa shape index (κ1) is 20.7. The fourth-order valence-corrected chi connectivity index (χ4v) is 3.08. The summed E-state index contributed by atoms with van der Waals surface area (Å²) in [6, 6.07) is 5.51. The van der Waals surface area contributed by atoms with Crippen LogP contribution in [0.2, 0.25) is 0 Å². The van der Waals surface area contributed by atoms with Crippen molar-refractivity contribution < 1.29 is 23.9 Å². The van der Waals surface area contributed by atoms with Gasteiger partial charge >= 0.3 is 12.1 Å². The molecule has 7 heteroatoms. The number of carbonyl (C=O) groups is 3. The van der Waals surface area contributed by atoms with Gasteiger partial charge in [-0.3, -0.25) is 15.0 Å². The molecule has 0 saturated carbocycles. The van der Waals surface area contributed by atoms with Crippen LogP contribution in [-0.4, -0.2) is 35.2 Å². The number of amides is 2. The van der Waals surface area contributed by atoms with Gasteiger partial charge < -0.3 is 9.47 Å². The van der Waals surface area contributed by atoms with Crippen molar-refractivity contribution >= 4 is 18.0 Å². The van der Waals surface area contributed by atoms with Crippen LogP contribution in [0.3, 0.4) is 0 Å². The Labute approximate surface area is 160 Å². The predicted molar refractivity (Wildman–Crippen MR) is 100.0 cm³/mol. The maximum absolute atomic E-state index is 12.7. The lowest BCUT2D eigenvalue weighted by molar-refractivity contribution is -0.143. The topological polar surface area (TPSA) is 84.9 Å². The summed E-state index contributed by atoms with van der Waals surface area (Å²) in [6.07, 6.45) is 0.299. The second-order valence-corrected chi connectivity index (χ2v) is 7.50. The third-order valence-electron chi connectivity index (χ3n) is 4.24. The van der Waals surface area contributed by atoms with E-state index >= 15 is 0 Å². The Kier molecular flexibility index (Phi) is 6.46. The van der Waals surface area contributed by atoms with E-state index in [0.717, 1.165) is 11.1 Å². The quantitative estimate of drug-likeness (QED) is 0.795. The molecule has 1 aromatic carbocycles. The summed E-state index contributed by atoms with van der Waals surface area (Å²) < 4.78 is 10.4. The van der Waals surface area contributed by atoms with Crippen LogP contribution in [-0.2, 0) is 20.8 Å². The second-order valence-electron chi connectivity index (χ2n) is 7.50. The molecule has 0 bridgehead atoms. The number of hydrogen-bond donors (Lipinski definition) is 1. The van der Waals surface area contributed by atoms with E-state index < -0.39 is 11.7 Å². The Balaban J connectivity index is 2.27. The van der Waals surface area contributed by atoms with Gasteiger partial charge in [0.05, 0.1) is 19.6 Å². The molecule has 2 rings (SSSR count). The van der Waals surface area contributed by atoms with E-state index in [9.17, 15) is 14.4 Å². The van der Waals surface area contributed by atoms with E-state index in [1.54, 1.807) is 27.7 Å². The molecule has 1 atom stereocenters. The van der Waals surface area contributed by atoms with Crippen LogP contribution < -0.4 is 5.43 Å². The van der Waals surface area contributed by atoms with E-state index in [1.807, 2.05) is 25.1 Å². The molecule has 0 spiro atoms. The van der Waals surface area contributed by atoms with Gasteiger partial charge in [0.1, 0.15) is 5.60 Å². The number of esters is 1. The first-order chi connectivity index (χ1) is 12.7. The monoisotopic (exact) mass is 376 g/mol. The number of rotatable bonds is 5. The maximum Gasteiger partial charge on any atom is 0.429 e. The van der Waals surface area contributed by atoms with Crippen molar-refractivity contribution in [1.82, 2.24) is 10.4 Å². The highest BCUT2D eigenvalue weighted by Gasteiger charge is 2.32. The van der Waals surface area contributed by atoms with Crippen molar-refractivity contribution in [2.45, 2.75) is 65.5 Å². The first-order valence-corrected chi connectivity index (χ1v) is 9.25.